The van der Waals surface area contributed by atoms with Crippen LogP contribution in [0, 0.1) is 0 Å². The summed E-state index contributed by atoms with van der Waals surface area (Å²) >= 11 is 0. The van der Waals surface area contributed by atoms with E-state index in [9.17, 15) is 0 Å². The Morgan fingerprint density at radius 1 is 0.550 bits per heavy atom. The second kappa shape index (κ2) is 13.9. The van der Waals surface area contributed by atoms with Crippen molar-refractivity contribution in [3.05, 3.63) is 0 Å². The van der Waals surface area contributed by atoms with Crippen molar-refractivity contribution in [2.45, 2.75) is 104 Å². The van der Waals surface area contributed by atoms with E-state index in [1.54, 1.807) is 0 Å². The summed E-state index contributed by atoms with van der Waals surface area (Å²) in [7, 11) is 0. The van der Waals surface area contributed by atoms with E-state index >= 15 is 0 Å². The second-order valence-electron chi connectivity index (χ2n) is 5.88. The molecule has 2 nitrogen and oxygen atoms in total. The molecular formula is C18H38O2. The monoisotopic (exact) mass is 286 g/mol. The topological polar surface area (TPSA) is 18.5 Å². The van der Waals surface area contributed by atoms with Gasteiger partial charge in [-0.15, -0.1) is 0 Å². The first kappa shape index (κ1) is 19.9. The molecule has 0 aromatic heterocycles. The Morgan fingerprint density at radius 3 is 1.45 bits per heavy atom. The van der Waals surface area contributed by atoms with Crippen molar-refractivity contribution < 1.29 is 9.47 Å². The highest BCUT2D eigenvalue weighted by atomic mass is 16.7. The molecule has 0 aromatic carbocycles. The third-order valence-electron chi connectivity index (χ3n) is 3.71. The largest absolute Gasteiger partial charge is 0.350 e. The molecule has 0 aliphatic rings. The smallest absolute Gasteiger partial charge is 0.168 e. The van der Waals surface area contributed by atoms with Crippen LogP contribution in [-0.4, -0.2) is 19.0 Å². The average molecular weight is 286 g/mol. The van der Waals surface area contributed by atoms with Crippen molar-refractivity contribution in [1.29, 1.82) is 0 Å². The molecule has 0 spiro atoms. The average Bonchev–Trinajstić information content (AvgIpc) is 2.47. The maximum absolute atomic E-state index is 6.19. The lowest BCUT2D eigenvalue weighted by Gasteiger charge is -2.34. The molecule has 122 valence electrons. The molecule has 0 saturated heterocycles. The first-order valence-corrected chi connectivity index (χ1v) is 9.02. The van der Waals surface area contributed by atoms with Gasteiger partial charge >= 0.3 is 0 Å². The van der Waals surface area contributed by atoms with E-state index in [2.05, 4.69) is 27.7 Å². The lowest BCUT2D eigenvalue weighted by molar-refractivity contribution is -0.246. The molecule has 0 saturated carbocycles. The van der Waals surface area contributed by atoms with Crippen LogP contribution in [0.15, 0.2) is 0 Å². The van der Waals surface area contributed by atoms with Crippen LogP contribution in [0.1, 0.15) is 98.3 Å². The van der Waals surface area contributed by atoms with Gasteiger partial charge in [-0.25, -0.2) is 0 Å². The Kier molecular flexibility index (Phi) is 13.8. The molecule has 0 aliphatic heterocycles. The maximum atomic E-state index is 6.19. The quantitative estimate of drug-likeness (QED) is 0.268. The van der Waals surface area contributed by atoms with Gasteiger partial charge in [0.05, 0.1) is 0 Å². The number of rotatable bonds is 15. The number of ether oxygens (including phenoxy) is 2. The van der Waals surface area contributed by atoms with Crippen molar-refractivity contribution in [1.82, 2.24) is 0 Å². The van der Waals surface area contributed by atoms with E-state index in [0.717, 1.165) is 38.9 Å². The van der Waals surface area contributed by atoms with Gasteiger partial charge in [-0.3, -0.25) is 0 Å². The van der Waals surface area contributed by atoms with Crippen molar-refractivity contribution in [3.63, 3.8) is 0 Å². The molecule has 0 aromatic rings. The Hall–Kier alpha value is -0.0800. The van der Waals surface area contributed by atoms with Crippen LogP contribution in [0.3, 0.4) is 0 Å². The fourth-order valence-electron chi connectivity index (χ4n) is 2.50. The number of unbranched alkanes of at least 4 members (excludes halogenated alkanes) is 5. The lowest BCUT2D eigenvalue weighted by atomic mass is 10.00. The molecule has 0 atom stereocenters. The van der Waals surface area contributed by atoms with E-state index in [4.69, 9.17) is 9.47 Å². The van der Waals surface area contributed by atoms with Gasteiger partial charge < -0.3 is 9.47 Å². The first-order chi connectivity index (χ1) is 9.74. The van der Waals surface area contributed by atoms with Gasteiger partial charge in [-0.2, -0.15) is 0 Å². The van der Waals surface area contributed by atoms with Crippen LogP contribution in [0.5, 0.6) is 0 Å². The zero-order valence-corrected chi connectivity index (χ0v) is 14.5. The summed E-state index contributed by atoms with van der Waals surface area (Å²) in [6, 6.07) is 0. The minimum Gasteiger partial charge on any atom is -0.350 e. The van der Waals surface area contributed by atoms with E-state index < -0.39 is 0 Å². The van der Waals surface area contributed by atoms with E-state index in [-0.39, 0.29) is 5.79 Å². The van der Waals surface area contributed by atoms with Crippen LogP contribution < -0.4 is 0 Å². The minimum atomic E-state index is -0.297. The summed E-state index contributed by atoms with van der Waals surface area (Å²) in [6.45, 7) is 10.5. The zero-order valence-electron chi connectivity index (χ0n) is 14.5. The SMILES string of the molecule is CCCCCCC(CCCCC)(OCCC)OCCC. The van der Waals surface area contributed by atoms with Gasteiger partial charge in [0.2, 0.25) is 0 Å². The first-order valence-electron chi connectivity index (χ1n) is 9.02. The third-order valence-corrected chi connectivity index (χ3v) is 3.71. The van der Waals surface area contributed by atoms with Gasteiger partial charge in [0.15, 0.2) is 5.79 Å². The number of hydrogen-bond donors (Lipinski definition) is 0. The summed E-state index contributed by atoms with van der Waals surface area (Å²) in [5.41, 5.74) is 0. The highest BCUT2D eigenvalue weighted by Crippen LogP contribution is 2.29. The van der Waals surface area contributed by atoms with E-state index in [1.807, 2.05) is 0 Å². The van der Waals surface area contributed by atoms with E-state index in [1.165, 1.54) is 44.9 Å². The Labute approximate surface area is 127 Å². The molecule has 0 heterocycles. The van der Waals surface area contributed by atoms with Gasteiger partial charge in [-0.05, 0) is 25.7 Å². The molecule has 0 radical (unpaired) electrons. The van der Waals surface area contributed by atoms with Gasteiger partial charge in [0, 0.05) is 26.1 Å². The molecule has 0 bridgehead atoms. The zero-order chi connectivity index (χ0) is 15.1. The fourth-order valence-corrected chi connectivity index (χ4v) is 2.50. The molecule has 20 heavy (non-hydrogen) atoms. The Balaban J connectivity index is 4.43. The van der Waals surface area contributed by atoms with Crippen LogP contribution in [0.2, 0.25) is 0 Å². The fraction of sp³-hybridized carbons (Fsp3) is 1.00. The molecule has 2 heteroatoms. The summed E-state index contributed by atoms with van der Waals surface area (Å²) < 4.78 is 12.4. The highest BCUT2D eigenvalue weighted by molar-refractivity contribution is 4.71. The lowest BCUT2D eigenvalue weighted by Crippen LogP contribution is -2.37. The normalized spacial score (nSPS) is 12.0. The standard InChI is InChI=1S/C18H38O2/c1-5-9-11-13-15-18(19-16-7-3,20-17-8-4)14-12-10-6-2/h5-17H2,1-4H3. The van der Waals surface area contributed by atoms with Crippen molar-refractivity contribution in [3.8, 4) is 0 Å². The Morgan fingerprint density at radius 2 is 1.00 bits per heavy atom. The maximum Gasteiger partial charge on any atom is 0.168 e. The number of hydrogen-bond acceptors (Lipinski definition) is 2. The Bertz CT molecular complexity index is 184. The van der Waals surface area contributed by atoms with E-state index in [0.29, 0.717) is 0 Å². The van der Waals surface area contributed by atoms with Crippen molar-refractivity contribution in [2.75, 3.05) is 13.2 Å². The molecule has 0 amide bonds. The summed E-state index contributed by atoms with van der Waals surface area (Å²) in [5, 5.41) is 0. The van der Waals surface area contributed by atoms with Crippen LogP contribution in [-0.2, 0) is 9.47 Å². The molecule has 0 fully saturated rings. The highest BCUT2D eigenvalue weighted by Gasteiger charge is 2.30. The second-order valence-corrected chi connectivity index (χ2v) is 5.88. The van der Waals surface area contributed by atoms with Crippen molar-refractivity contribution >= 4 is 0 Å². The predicted octanol–water partition coefficient (Wildman–Crippen LogP) is 6.09. The molecule has 0 rings (SSSR count). The summed E-state index contributed by atoms with van der Waals surface area (Å²) in [6.07, 6.45) is 13.2. The third kappa shape index (κ3) is 9.77. The molecular weight excluding hydrogens is 248 g/mol. The van der Waals surface area contributed by atoms with Crippen LogP contribution in [0.4, 0.5) is 0 Å². The molecule has 0 aliphatic carbocycles. The predicted molar refractivity (Wildman–Crippen MR) is 88.1 cm³/mol. The van der Waals surface area contributed by atoms with Crippen LogP contribution >= 0.6 is 0 Å². The molecule has 0 N–H and O–H groups in total. The van der Waals surface area contributed by atoms with Gasteiger partial charge in [0.25, 0.3) is 0 Å². The van der Waals surface area contributed by atoms with Gasteiger partial charge in [0.1, 0.15) is 0 Å². The van der Waals surface area contributed by atoms with Gasteiger partial charge in [-0.1, -0.05) is 59.8 Å². The minimum absolute atomic E-state index is 0.297. The molecule has 0 unspecified atom stereocenters. The van der Waals surface area contributed by atoms with Crippen molar-refractivity contribution in [2.24, 2.45) is 0 Å². The summed E-state index contributed by atoms with van der Waals surface area (Å²) in [4.78, 5) is 0. The van der Waals surface area contributed by atoms with Crippen LogP contribution in [0.25, 0.3) is 0 Å². The summed E-state index contributed by atoms with van der Waals surface area (Å²) in [5.74, 6) is -0.297.